The number of nitrogens with two attached hydrogens (primary N) is 1. The van der Waals surface area contributed by atoms with Gasteiger partial charge in [-0.15, -0.1) is 0 Å². The predicted octanol–water partition coefficient (Wildman–Crippen LogP) is 1.75. The fourth-order valence-corrected chi connectivity index (χ4v) is 2.59. The molecule has 1 aromatic heterocycles. The van der Waals surface area contributed by atoms with E-state index >= 15 is 0 Å². The van der Waals surface area contributed by atoms with Gasteiger partial charge in [-0.3, -0.25) is 0 Å². The summed E-state index contributed by atoms with van der Waals surface area (Å²) < 4.78 is 0. The summed E-state index contributed by atoms with van der Waals surface area (Å²) in [5.74, 6) is 0.690. The van der Waals surface area contributed by atoms with E-state index in [-0.39, 0.29) is 0 Å². The van der Waals surface area contributed by atoms with Gasteiger partial charge < -0.3 is 11.1 Å². The normalized spacial score (nSPS) is 29.0. The zero-order valence-electron chi connectivity index (χ0n) is 7.70. The van der Waals surface area contributed by atoms with E-state index in [1.54, 1.807) is 11.3 Å². The molecule has 3 N–H and O–H groups in total. The number of hydrogen-bond donors (Lipinski definition) is 2. The lowest BCUT2D eigenvalue weighted by Gasteiger charge is -2.28. The Morgan fingerprint density at radius 1 is 1.54 bits per heavy atom. The molecule has 3 heteroatoms. The number of nitrogens with one attached hydrogen (secondary N) is 1. The molecule has 1 aromatic rings. The Labute approximate surface area is 83.1 Å². The number of hydrogen-bond acceptors (Lipinski definition) is 3. The molecule has 2 unspecified atom stereocenters. The fraction of sp³-hybridized carbons (Fsp3) is 0.600. The zero-order chi connectivity index (χ0) is 9.10. The molecular formula is C10H16N2S. The Morgan fingerprint density at radius 2 is 2.46 bits per heavy atom. The molecular weight excluding hydrogens is 180 g/mol. The molecule has 2 atom stereocenters. The molecule has 0 radical (unpaired) electrons. The molecule has 1 aliphatic heterocycles. The van der Waals surface area contributed by atoms with Crippen LogP contribution in [-0.4, -0.2) is 13.1 Å². The smallest absolute Gasteiger partial charge is 0.0328 e. The quantitative estimate of drug-likeness (QED) is 0.756. The first-order valence-corrected chi connectivity index (χ1v) is 5.80. The van der Waals surface area contributed by atoms with Gasteiger partial charge in [0.1, 0.15) is 0 Å². The van der Waals surface area contributed by atoms with Crippen molar-refractivity contribution in [3.63, 3.8) is 0 Å². The van der Waals surface area contributed by atoms with E-state index in [0.717, 1.165) is 13.1 Å². The Hall–Kier alpha value is -0.380. The van der Waals surface area contributed by atoms with E-state index < -0.39 is 0 Å². The average Bonchev–Trinajstić information content (AvgIpc) is 2.71. The van der Waals surface area contributed by atoms with Crippen molar-refractivity contribution < 1.29 is 0 Å². The molecule has 0 aromatic carbocycles. The summed E-state index contributed by atoms with van der Waals surface area (Å²) in [6.45, 7) is 1.90. The molecule has 1 aliphatic rings. The average molecular weight is 196 g/mol. The summed E-state index contributed by atoms with van der Waals surface area (Å²) in [6, 6.07) is 2.79. The van der Waals surface area contributed by atoms with Crippen molar-refractivity contribution in [2.75, 3.05) is 13.1 Å². The van der Waals surface area contributed by atoms with Crippen molar-refractivity contribution in [3.8, 4) is 0 Å². The van der Waals surface area contributed by atoms with Crippen molar-refractivity contribution in [1.29, 1.82) is 0 Å². The lowest BCUT2D eigenvalue weighted by molar-refractivity contribution is 0.320. The number of piperidine rings is 1. The van der Waals surface area contributed by atoms with Crippen LogP contribution in [-0.2, 0) is 0 Å². The van der Waals surface area contributed by atoms with E-state index in [1.165, 1.54) is 18.4 Å². The van der Waals surface area contributed by atoms with Crippen molar-refractivity contribution >= 4 is 11.3 Å². The van der Waals surface area contributed by atoms with Crippen LogP contribution in [0.1, 0.15) is 24.4 Å². The molecule has 0 bridgehead atoms. The van der Waals surface area contributed by atoms with Gasteiger partial charge in [-0.05, 0) is 54.2 Å². The second kappa shape index (κ2) is 4.22. The Bertz CT molecular complexity index is 237. The Morgan fingerprint density at radius 3 is 3.00 bits per heavy atom. The summed E-state index contributed by atoms with van der Waals surface area (Å²) in [5.41, 5.74) is 7.07. The Balaban J connectivity index is 1.92. The fourth-order valence-electron chi connectivity index (χ4n) is 1.87. The van der Waals surface area contributed by atoms with Crippen molar-refractivity contribution in [3.05, 3.63) is 22.4 Å². The highest BCUT2D eigenvalue weighted by atomic mass is 32.1. The molecule has 2 rings (SSSR count). The highest BCUT2D eigenvalue weighted by Crippen LogP contribution is 2.26. The van der Waals surface area contributed by atoms with Crippen LogP contribution in [0.5, 0.6) is 0 Å². The van der Waals surface area contributed by atoms with Crippen molar-refractivity contribution in [1.82, 2.24) is 5.32 Å². The molecule has 72 valence electrons. The van der Waals surface area contributed by atoms with Crippen molar-refractivity contribution in [2.24, 2.45) is 11.7 Å². The minimum atomic E-state index is 0.578. The van der Waals surface area contributed by atoms with Crippen LogP contribution >= 0.6 is 11.3 Å². The van der Waals surface area contributed by atoms with Gasteiger partial charge in [0.05, 0.1) is 0 Å². The largest absolute Gasteiger partial charge is 0.330 e. The first-order valence-electron chi connectivity index (χ1n) is 4.85. The second-order valence-electron chi connectivity index (χ2n) is 3.70. The van der Waals surface area contributed by atoms with Crippen LogP contribution < -0.4 is 11.1 Å². The number of thiophene rings is 1. The molecule has 0 saturated carbocycles. The zero-order valence-corrected chi connectivity index (χ0v) is 8.52. The molecule has 0 amide bonds. The summed E-state index contributed by atoms with van der Waals surface area (Å²) in [7, 11) is 0. The third-order valence-corrected chi connectivity index (χ3v) is 3.50. The van der Waals surface area contributed by atoms with Crippen LogP contribution in [0.4, 0.5) is 0 Å². The van der Waals surface area contributed by atoms with E-state index in [4.69, 9.17) is 5.73 Å². The van der Waals surface area contributed by atoms with Gasteiger partial charge in [0.2, 0.25) is 0 Å². The van der Waals surface area contributed by atoms with E-state index in [1.807, 2.05) is 0 Å². The van der Waals surface area contributed by atoms with Gasteiger partial charge >= 0.3 is 0 Å². The molecule has 0 spiro atoms. The third-order valence-electron chi connectivity index (χ3n) is 2.80. The van der Waals surface area contributed by atoms with Crippen LogP contribution in [0, 0.1) is 5.92 Å². The highest BCUT2D eigenvalue weighted by molar-refractivity contribution is 7.07. The minimum Gasteiger partial charge on any atom is -0.330 e. The lowest BCUT2D eigenvalue weighted by Crippen LogP contribution is -2.36. The van der Waals surface area contributed by atoms with E-state index in [9.17, 15) is 0 Å². The summed E-state index contributed by atoms with van der Waals surface area (Å²) in [5, 5.41) is 7.93. The van der Waals surface area contributed by atoms with Gasteiger partial charge in [-0.2, -0.15) is 11.3 Å². The van der Waals surface area contributed by atoms with Crippen LogP contribution in [0.2, 0.25) is 0 Å². The molecule has 2 nitrogen and oxygen atoms in total. The SMILES string of the molecule is NCC1CCC(c2ccsc2)NC1. The molecule has 1 fully saturated rings. The van der Waals surface area contributed by atoms with Gasteiger partial charge in [-0.25, -0.2) is 0 Å². The molecule has 1 saturated heterocycles. The monoisotopic (exact) mass is 196 g/mol. The molecule has 2 heterocycles. The van der Waals surface area contributed by atoms with Crippen molar-refractivity contribution in [2.45, 2.75) is 18.9 Å². The topological polar surface area (TPSA) is 38.0 Å². The first kappa shape index (κ1) is 9.19. The lowest BCUT2D eigenvalue weighted by atomic mass is 9.92. The standard InChI is InChI=1S/C10H16N2S/c11-5-8-1-2-10(12-6-8)9-3-4-13-7-9/h3-4,7-8,10,12H,1-2,5-6,11H2. The highest BCUT2D eigenvalue weighted by Gasteiger charge is 2.20. The summed E-state index contributed by atoms with van der Waals surface area (Å²) in [6.07, 6.45) is 2.50. The predicted molar refractivity (Wildman–Crippen MR) is 56.8 cm³/mol. The van der Waals surface area contributed by atoms with Gasteiger partial charge in [0, 0.05) is 6.04 Å². The Kier molecular flexibility index (Phi) is 2.98. The third kappa shape index (κ3) is 2.10. The van der Waals surface area contributed by atoms with Gasteiger partial charge in [0.25, 0.3) is 0 Å². The summed E-state index contributed by atoms with van der Waals surface area (Å²) >= 11 is 1.78. The second-order valence-corrected chi connectivity index (χ2v) is 4.48. The molecule has 0 aliphatic carbocycles. The molecule has 13 heavy (non-hydrogen) atoms. The maximum absolute atomic E-state index is 5.63. The first-order chi connectivity index (χ1) is 6.40. The maximum Gasteiger partial charge on any atom is 0.0328 e. The van der Waals surface area contributed by atoms with Crippen LogP contribution in [0.15, 0.2) is 16.8 Å². The van der Waals surface area contributed by atoms with Crippen LogP contribution in [0.25, 0.3) is 0 Å². The van der Waals surface area contributed by atoms with E-state index in [0.29, 0.717) is 12.0 Å². The van der Waals surface area contributed by atoms with Gasteiger partial charge in [-0.1, -0.05) is 0 Å². The minimum absolute atomic E-state index is 0.578. The maximum atomic E-state index is 5.63. The van der Waals surface area contributed by atoms with E-state index in [2.05, 4.69) is 22.1 Å². The summed E-state index contributed by atoms with van der Waals surface area (Å²) in [4.78, 5) is 0. The van der Waals surface area contributed by atoms with Crippen LogP contribution in [0.3, 0.4) is 0 Å². The number of rotatable bonds is 2. The van der Waals surface area contributed by atoms with Gasteiger partial charge in [0.15, 0.2) is 0 Å².